The monoisotopic (exact) mass is 327 g/mol. The first kappa shape index (κ1) is 15.4. The Morgan fingerprint density at radius 3 is 2.50 bits per heavy atom. The minimum atomic E-state index is 0.196. The van der Waals surface area contributed by atoms with Crippen molar-refractivity contribution in [1.29, 1.82) is 0 Å². The van der Waals surface area contributed by atoms with Gasteiger partial charge in [-0.2, -0.15) is 0 Å². The first-order valence-corrected chi connectivity index (χ1v) is 8.92. The van der Waals surface area contributed by atoms with Crippen LogP contribution in [0.15, 0.2) is 36.9 Å². The van der Waals surface area contributed by atoms with Crippen LogP contribution in [0.4, 0.5) is 11.6 Å². The molecule has 0 aromatic carbocycles. The van der Waals surface area contributed by atoms with Gasteiger partial charge < -0.3 is 19.5 Å². The second-order valence-corrected chi connectivity index (χ2v) is 6.75. The summed E-state index contributed by atoms with van der Waals surface area (Å²) in [7, 11) is 0. The van der Waals surface area contributed by atoms with Gasteiger partial charge in [0.05, 0.1) is 12.6 Å². The van der Waals surface area contributed by atoms with Crippen LogP contribution in [-0.2, 0) is 0 Å². The fraction of sp³-hybridized carbons (Fsp3) is 0.556. The summed E-state index contributed by atoms with van der Waals surface area (Å²) in [6.07, 6.45) is 10.4. The van der Waals surface area contributed by atoms with Crippen LogP contribution in [0, 0.1) is 0 Å². The molecule has 4 rings (SSSR count). The van der Waals surface area contributed by atoms with E-state index in [0.717, 1.165) is 57.0 Å². The van der Waals surface area contributed by atoms with Gasteiger partial charge in [-0.25, -0.2) is 9.97 Å². The van der Waals surface area contributed by atoms with Crippen LogP contribution < -0.4 is 9.80 Å². The molecule has 2 aromatic heterocycles. The number of anilines is 2. The van der Waals surface area contributed by atoms with Crippen molar-refractivity contribution in [2.24, 2.45) is 0 Å². The fourth-order valence-corrected chi connectivity index (χ4v) is 3.98. The Labute approximate surface area is 142 Å². The van der Waals surface area contributed by atoms with Crippen molar-refractivity contribution in [2.45, 2.75) is 37.8 Å². The summed E-state index contributed by atoms with van der Waals surface area (Å²) in [5.74, 6) is 1.96. The van der Waals surface area contributed by atoms with Crippen molar-refractivity contribution in [3.05, 3.63) is 36.9 Å². The third-order valence-electron chi connectivity index (χ3n) is 5.36. The van der Waals surface area contributed by atoms with Crippen molar-refractivity contribution in [2.75, 3.05) is 36.0 Å². The number of aliphatic hydroxyl groups is 1. The molecule has 0 aliphatic carbocycles. The average Bonchev–Trinajstić information content (AvgIpc) is 3.33. The van der Waals surface area contributed by atoms with E-state index in [1.54, 1.807) is 6.33 Å². The fourth-order valence-electron chi connectivity index (χ4n) is 3.98. The highest BCUT2D eigenvalue weighted by Crippen LogP contribution is 2.29. The molecule has 2 aromatic rings. The molecule has 2 saturated heterocycles. The van der Waals surface area contributed by atoms with E-state index in [1.807, 2.05) is 0 Å². The van der Waals surface area contributed by atoms with Gasteiger partial charge in [-0.15, -0.1) is 0 Å². The second-order valence-electron chi connectivity index (χ2n) is 6.75. The number of hydrogen-bond donors (Lipinski definition) is 1. The molecule has 0 unspecified atom stereocenters. The van der Waals surface area contributed by atoms with E-state index >= 15 is 0 Å². The molecule has 0 saturated carbocycles. The van der Waals surface area contributed by atoms with Crippen molar-refractivity contribution < 1.29 is 5.11 Å². The van der Waals surface area contributed by atoms with Crippen LogP contribution in [0.2, 0.25) is 0 Å². The molecule has 0 bridgehead atoms. The molecule has 6 nitrogen and oxygen atoms in total. The van der Waals surface area contributed by atoms with Gasteiger partial charge in [0, 0.05) is 44.1 Å². The molecule has 1 N–H and O–H groups in total. The quantitative estimate of drug-likeness (QED) is 0.932. The predicted octanol–water partition coefficient (Wildman–Crippen LogP) is 2.08. The van der Waals surface area contributed by atoms with E-state index in [2.05, 4.69) is 54.9 Å². The lowest BCUT2D eigenvalue weighted by atomic mass is 10.1. The normalized spacial score (nSPS) is 22.3. The maximum atomic E-state index is 9.54. The van der Waals surface area contributed by atoms with Crippen LogP contribution in [0.25, 0.3) is 0 Å². The van der Waals surface area contributed by atoms with Crippen molar-refractivity contribution in [3.8, 4) is 0 Å². The Balaban J connectivity index is 1.45. The maximum absolute atomic E-state index is 9.54. The van der Waals surface area contributed by atoms with Crippen LogP contribution >= 0.6 is 0 Å². The molecule has 2 aliphatic rings. The van der Waals surface area contributed by atoms with Gasteiger partial charge in [-0.3, -0.25) is 0 Å². The number of hydrogen-bond acceptors (Lipinski definition) is 5. The summed E-state index contributed by atoms with van der Waals surface area (Å²) in [5, 5.41) is 9.54. The van der Waals surface area contributed by atoms with E-state index in [0.29, 0.717) is 6.04 Å². The second kappa shape index (κ2) is 6.81. The number of aromatic nitrogens is 3. The molecule has 24 heavy (non-hydrogen) atoms. The number of rotatable bonds is 4. The summed E-state index contributed by atoms with van der Waals surface area (Å²) in [4.78, 5) is 13.5. The van der Waals surface area contributed by atoms with Gasteiger partial charge in [0.15, 0.2) is 0 Å². The number of piperidine rings is 1. The highest BCUT2D eigenvalue weighted by Gasteiger charge is 2.26. The first-order chi connectivity index (χ1) is 11.8. The number of nitrogens with zero attached hydrogens (tertiary/aromatic N) is 5. The van der Waals surface area contributed by atoms with Gasteiger partial charge >= 0.3 is 0 Å². The zero-order chi connectivity index (χ0) is 16.4. The average molecular weight is 327 g/mol. The van der Waals surface area contributed by atoms with Crippen molar-refractivity contribution in [3.63, 3.8) is 0 Å². The van der Waals surface area contributed by atoms with Gasteiger partial charge in [-0.1, -0.05) is 0 Å². The predicted molar refractivity (Wildman–Crippen MR) is 94.4 cm³/mol. The molecule has 128 valence electrons. The topological polar surface area (TPSA) is 57.4 Å². The van der Waals surface area contributed by atoms with Crippen LogP contribution in [-0.4, -0.2) is 51.9 Å². The molecule has 1 atom stereocenters. The zero-order valence-electron chi connectivity index (χ0n) is 14.0. The molecule has 2 aliphatic heterocycles. The molecular formula is C18H25N5O. The molecule has 6 heteroatoms. The van der Waals surface area contributed by atoms with E-state index in [4.69, 9.17) is 0 Å². The van der Waals surface area contributed by atoms with Gasteiger partial charge in [0.1, 0.15) is 18.0 Å². The molecule has 0 amide bonds. The molecule has 4 heterocycles. The maximum Gasteiger partial charge on any atom is 0.134 e. The largest absolute Gasteiger partial charge is 0.394 e. The highest BCUT2D eigenvalue weighted by atomic mass is 16.3. The standard InChI is InChI=1S/C18H25N5O/c24-13-16-4-3-9-23(16)18-12-17(19-14-20-18)22-10-5-15(6-11-22)21-7-1-2-8-21/h1-2,7-8,12,14-16,24H,3-6,9-11,13H2/t16-/m0/s1. The summed E-state index contributed by atoms with van der Waals surface area (Å²) in [6, 6.07) is 7.07. The summed E-state index contributed by atoms with van der Waals surface area (Å²) in [6.45, 7) is 3.20. The zero-order valence-corrected chi connectivity index (χ0v) is 14.0. The van der Waals surface area contributed by atoms with Crippen LogP contribution in [0.3, 0.4) is 0 Å². The summed E-state index contributed by atoms with van der Waals surface area (Å²) < 4.78 is 2.32. The SMILES string of the molecule is OC[C@@H]1CCCN1c1cc(N2CCC(n3cccc3)CC2)ncn1. The third-order valence-corrected chi connectivity index (χ3v) is 5.36. The molecule has 2 fully saturated rings. The Morgan fingerprint density at radius 2 is 1.75 bits per heavy atom. The van der Waals surface area contributed by atoms with E-state index in [9.17, 15) is 5.11 Å². The molecule has 0 spiro atoms. The minimum Gasteiger partial charge on any atom is -0.394 e. The third kappa shape index (κ3) is 2.98. The van der Waals surface area contributed by atoms with Gasteiger partial charge in [0.25, 0.3) is 0 Å². The Bertz CT molecular complexity index is 651. The Hall–Kier alpha value is -2.08. The van der Waals surface area contributed by atoms with E-state index in [1.165, 1.54) is 0 Å². The lowest BCUT2D eigenvalue weighted by molar-refractivity contribution is 0.266. The lowest BCUT2D eigenvalue weighted by Gasteiger charge is -2.34. The first-order valence-electron chi connectivity index (χ1n) is 8.92. The van der Waals surface area contributed by atoms with Crippen molar-refractivity contribution in [1.82, 2.24) is 14.5 Å². The summed E-state index contributed by atoms with van der Waals surface area (Å²) >= 11 is 0. The van der Waals surface area contributed by atoms with E-state index < -0.39 is 0 Å². The smallest absolute Gasteiger partial charge is 0.134 e. The Kier molecular flexibility index (Phi) is 4.38. The van der Waals surface area contributed by atoms with Crippen LogP contribution in [0.5, 0.6) is 0 Å². The van der Waals surface area contributed by atoms with Gasteiger partial charge in [0.2, 0.25) is 0 Å². The molecule has 0 radical (unpaired) electrons. The lowest BCUT2D eigenvalue weighted by Crippen LogP contribution is -2.36. The Morgan fingerprint density at radius 1 is 1.00 bits per heavy atom. The van der Waals surface area contributed by atoms with Crippen LogP contribution in [0.1, 0.15) is 31.7 Å². The van der Waals surface area contributed by atoms with E-state index in [-0.39, 0.29) is 12.6 Å². The highest BCUT2D eigenvalue weighted by molar-refractivity contribution is 5.51. The van der Waals surface area contributed by atoms with Gasteiger partial charge in [-0.05, 0) is 37.8 Å². The van der Waals surface area contributed by atoms with Crippen molar-refractivity contribution >= 4 is 11.6 Å². The minimum absolute atomic E-state index is 0.196. The molecular weight excluding hydrogens is 302 g/mol. The summed E-state index contributed by atoms with van der Waals surface area (Å²) in [5.41, 5.74) is 0. The number of aliphatic hydroxyl groups excluding tert-OH is 1.